The van der Waals surface area contributed by atoms with Crippen LogP contribution in [-0.2, 0) is 11.2 Å². The molecule has 2 heteroatoms. The maximum Gasteiger partial charge on any atom is 0.0672 e. The quantitative estimate of drug-likeness (QED) is 0.540. The predicted octanol–water partition coefficient (Wildman–Crippen LogP) is 4.13. The standard InChI is InChI=1S/C18H29NO/c1-14(2)12-17-6-8-18(9-7-17)16(5)19-10-11-20-13-15(3)4/h6-9,14,16,19H,3,10-13H2,1-2,4-5H3. The Bertz CT molecular complexity index is 394. The summed E-state index contributed by atoms with van der Waals surface area (Å²) in [6.07, 6.45) is 1.15. The predicted molar refractivity (Wildman–Crippen MR) is 87.0 cm³/mol. The molecule has 1 atom stereocenters. The van der Waals surface area contributed by atoms with Crippen LogP contribution in [0.15, 0.2) is 36.4 Å². The molecule has 0 amide bonds. The summed E-state index contributed by atoms with van der Waals surface area (Å²) < 4.78 is 5.48. The summed E-state index contributed by atoms with van der Waals surface area (Å²) in [4.78, 5) is 0. The lowest BCUT2D eigenvalue weighted by Gasteiger charge is -2.15. The Balaban J connectivity index is 2.32. The van der Waals surface area contributed by atoms with Crippen LogP contribution in [0.3, 0.4) is 0 Å². The van der Waals surface area contributed by atoms with Crippen molar-refractivity contribution in [1.82, 2.24) is 5.32 Å². The third-order valence-corrected chi connectivity index (χ3v) is 3.17. The smallest absolute Gasteiger partial charge is 0.0672 e. The summed E-state index contributed by atoms with van der Waals surface area (Å²) in [6.45, 7) is 14.7. The maximum absolute atomic E-state index is 5.48. The average molecular weight is 275 g/mol. The monoisotopic (exact) mass is 275 g/mol. The zero-order chi connectivity index (χ0) is 15.0. The molecular weight excluding hydrogens is 246 g/mol. The lowest BCUT2D eigenvalue weighted by molar-refractivity contribution is 0.156. The van der Waals surface area contributed by atoms with Crippen LogP contribution >= 0.6 is 0 Å². The van der Waals surface area contributed by atoms with E-state index >= 15 is 0 Å². The molecule has 0 aliphatic carbocycles. The second-order valence-electron chi connectivity index (χ2n) is 6.03. The Morgan fingerprint density at radius 1 is 1.20 bits per heavy atom. The van der Waals surface area contributed by atoms with Crippen molar-refractivity contribution in [3.8, 4) is 0 Å². The highest BCUT2D eigenvalue weighted by atomic mass is 16.5. The molecule has 0 bridgehead atoms. The van der Waals surface area contributed by atoms with E-state index in [-0.39, 0.29) is 0 Å². The van der Waals surface area contributed by atoms with E-state index in [1.54, 1.807) is 0 Å². The van der Waals surface area contributed by atoms with Gasteiger partial charge in [-0.25, -0.2) is 0 Å². The fourth-order valence-corrected chi connectivity index (χ4v) is 2.13. The Labute approximate surface area is 124 Å². The fourth-order valence-electron chi connectivity index (χ4n) is 2.13. The van der Waals surface area contributed by atoms with Gasteiger partial charge in [0.05, 0.1) is 13.2 Å². The number of ether oxygens (including phenoxy) is 1. The fraction of sp³-hybridized carbons (Fsp3) is 0.556. The van der Waals surface area contributed by atoms with E-state index in [2.05, 4.69) is 56.9 Å². The Morgan fingerprint density at radius 2 is 1.85 bits per heavy atom. The molecule has 1 unspecified atom stereocenters. The molecule has 0 saturated carbocycles. The first kappa shape index (κ1) is 16.9. The van der Waals surface area contributed by atoms with E-state index in [1.165, 1.54) is 11.1 Å². The van der Waals surface area contributed by atoms with Gasteiger partial charge in [0.25, 0.3) is 0 Å². The third-order valence-electron chi connectivity index (χ3n) is 3.17. The minimum Gasteiger partial charge on any atom is -0.376 e. The SMILES string of the molecule is C=C(C)COCCNC(C)c1ccc(CC(C)C)cc1. The van der Waals surface area contributed by atoms with Gasteiger partial charge in [0.15, 0.2) is 0 Å². The molecule has 2 nitrogen and oxygen atoms in total. The molecule has 112 valence electrons. The summed E-state index contributed by atoms with van der Waals surface area (Å²) in [7, 11) is 0. The normalized spacial score (nSPS) is 12.7. The van der Waals surface area contributed by atoms with Gasteiger partial charge in [-0.15, -0.1) is 0 Å². The van der Waals surface area contributed by atoms with E-state index in [0.717, 1.165) is 25.1 Å². The van der Waals surface area contributed by atoms with Crippen molar-refractivity contribution in [3.05, 3.63) is 47.5 Å². The van der Waals surface area contributed by atoms with E-state index in [1.807, 2.05) is 6.92 Å². The van der Waals surface area contributed by atoms with Crippen molar-refractivity contribution in [2.24, 2.45) is 5.92 Å². The zero-order valence-electron chi connectivity index (χ0n) is 13.4. The average Bonchev–Trinajstić information content (AvgIpc) is 2.38. The molecule has 1 rings (SSSR count). The van der Waals surface area contributed by atoms with Gasteiger partial charge < -0.3 is 10.1 Å². The molecule has 1 N–H and O–H groups in total. The van der Waals surface area contributed by atoms with Crippen molar-refractivity contribution in [3.63, 3.8) is 0 Å². The molecule has 0 heterocycles. The molecule has 0 radical (unpaired) electrons. The van der Waals surface area contributed by atoms with Crippen LogP contribution in [0.4, 0.5) is 0 Å². The van der Waals surface area contributed by atoms with Gasteiger partial charge in [0, 0.05) is 12.6 Å². The number of nitrogens with one attached hydrogen (secondary N) is 1. The molecule has 0 aromatic heterocycles. The van der Waals surface area contributed by atoms with E-state index in [0.29, 0.717) is 18.6 Å². The van der Waals surface area contributed by atoms with Crippen molar-refractivity contribution in [2.45, 2.75) is 40.2 Å². The van der Waals surface area contributed by atoms with Crippen LogP contribution < -0.4 is 5.32 Å². The first-order valence-electron chi connectivity index (χ1n) is 7.53. The largest absolute Gasteiger partial charge is 0.376 e. The van der Waals surface area contributed by atoms with Crippen molar-refractivity contribution in [2.75, 3.05) is 19.8 Å². The molecule has 1 aromatic carbocycles. The van der Waals surface area contributed by atoms with Crippen LogP contribution in [0.25, 0.3) is 0 Å². The van der Waals surface area contributed by atoms with Gasteiger partial charge in [-0.2, -0.15) is 0 Å². The summed E-state index contributed by atoms with van der Waals surface area (Å²) in [5, 5.41) is 3.48. The lowest BCUT2D eigenvalue weighted by atomic mass is 10.00. The second kappa shape index (κ2) is 8.93. The molecule has 20 heavy (non-hydrogen) atoms. The molecule has 0 fully saturated rings. The van der Waals surface area contributed by atoms with Crippen molar-refractivity contribution >= 4 is 0 Å². The number of hydrogen-bond acceptors (Lipinski definition) is 2. The second-order valence-corrected chi connectivity index (χ2v) is 6.03. The first-order valence-corrected chi connectivity index (χ1v) is 7.53. The Hall–Kier alpha value is -1.12. The number of rotatable bonds is 9. The van der Waals surface area contributed by atoms with Crippen LogP contribution in [0.2, 0.25) is 0 Å². The number of benzene rings is 1. The molecular formula is C18H29NO. The minimum absolute atomic E-state index is 0.358. The third kappa shape index (κ3) is 6.88. The molecule has 1 aromatic rings. The lowest BCUT2D eigenvalue weighted by Crippen LogP contribution is -2.23. The van der Waals surface area contributed by atoms with E-state index in [9.17, 15) is 0 Å². The summed E-state index contributed by atoms with van der Waals surface area (Å²) >= 11 is 0. The molecule has 0 saturated heterocycles. The van der Waals surface area contributed by atoms with Crippen LogP contribution in [0, 0.1) is 5.92 Å². The summed E-state index contributed by atoms with van der Waals surface area (Å²) in [5.41, 5.74) is 3.82. The minimum atomic E-state index is 0.358. The van der Waals surface area contributed by atoms with Crippen molar-refractivity contribution in [1.29, 1.82) is 0 Å². The van der Waals surface area contributed by atoms with Gasteiger partial charge >= 0.3 is 0 Å². The van der Waals surface area contributed by atoms with Gasteiger partial charge in [-0.3, -0.25) is 0 Å². The van der Waals surface area contributed by atoms with E-state index in [4.69, 9.17) is 4.74 Å². The summed E-state index contributed by atoms with van der Waals surface area (Å²) in [5.74, 6) is 0.710. The highest BCUT2D eigenvalue weighted by Crippen LogP contribution is 2.15. The van der Waals surface area contributed by atoms with Gasteiger partial charge in [-0.1, -0.05) is 50.3 Å². The maximum atomic E-state index is 5.48. The van der Waals surface area contributed by atoms with E-state index < -0.39 is 0 Å². The topological polar surface area (TPSA) is 21.3 Å². The highest BCUT2D eigenvalue weighted by molar-refractivity contribution is 5.25. The molecule has 0 spiro atoms. The van der Waals surface area contributed by atoms with Gasteiger partial charge in [-0.05, 0) is 37.3 Å². The van der Waals surface area contributed by atoms with Gasteiger partial charge in [0.2, 0.25) is 0 Å². The van der Waals surface area contributed by atoms with Crippen molar-refractivity contribution < 1.29 is 4.74 Å². The first-order chi connectivity index (χ1) is 9.49. The molecule has 0 aliphatic heterocycles. The number of hydrogen-bond donors (Lipinski definition) is 1. The Kier molecular flexibility index (Phi) is 7.56. The summed E-state index contributed by atoms with van der Waals surface area (Å²) in [6, 6.07) is 9.29. The van der Waals surface area contributed by atoms with Crippen LogP contribution in [-0.4, -0.2) is 19.8 Å². The van der Waals surface area contributed by atoms with Crippen LogP contribution in [0.1, 0.15) is 44.9 Å². The highest BCUT2D eigenvalue weighted by Gasteiger charge is 2.05. The van der Waals surface area contributed by atoms with Crippen LogP contribution in [0.5, 0.6) is 0 Å². The van der Waals surface area contributed by atoms with Gasteiger partial charge in [0.1, 0.15) is 0 Å². The zero-order valence-corrected chi connectivity index (χ0v) is 13.4. The Morgan fingerprint density at radius 3 is 2.40 bits per heavy atom. The molecule has 0 aliphatic rings.